The predicted octanol–water partition coefficient (Wildman–Crippen LogP) is 3.06. The van der Waals surface area contributed by atoms with Crippen LogP contribution in [0.3, 0.4) is 0 Å². The van der Waals surface area contributed by atoms with Gasteiger partial charge in [-0.3, -0.25) is 14.9 Å². The van der Waals surface area contributed by atoms with Crippen molar-refractivity contribution in [3.63, 3.8) is 0 Å². The lowest BCUT2D eigenvalue weighted by Gasteiger charge is -2.39. The first-order chi connectivity index (χ1) is 20.8. The summed E-state index contributed by atoms with van der Waals surface area (Å²) in [5.41, 5.74) is 11.3. The van der Waals surface area contributed by atoms with E-state index < -0.39 is 9.84 Å². The van der Waals surface area contributed by atoms with Crippen LogP contribution in [0.15, 0.2) is 35.6 Å². The molecule has 2 saturated heterocycles. The minimum atomic E-state index is -3.74. The third-order valence-corrected chi connectivity index (χ3v) is 11.3. The number of pyridine rings is 1. The van der Waals surface area contributed by atoms with Crippen molar-refractivity contribution in [2.75, 3.05) is 12.0 Å². The summed E-state index contributed by atoms with van der Waals surface area (Å²) in [6.45, 7) is 0. The number of H-pyrrole nitrogens is 1. The van der Waals surface area contributed by atoms with E-state index in [0.717, 1.165) is 54.6 Å². The van der Waals surface area contributed by atoms with Crippen molar-refractivity contribution in [3.05, 3.63) is 52.7 Å². The Morgan fingerprint density at radius 3 is 2.58 bits per heavy atom. The largest absolute Gasteiger partial charge is 0.382 e. The van der Waals surface area contributed by atoms with Gasteiger partial charge in [0.05, 0.1) is 29.5 Å². The van der Waals surface area contributed by atoms with Crippen LogP contribution in [0.25, 0.3) is 27.5 Å². The van der Waals surface area contributed by atoms with E-state index >= 15 is 0 Å². The highest BCUT2D eigenvalue weighted by Gasteiger charge is 2.46. The van der Waals surface area contributed by atoms with Gasteiger partial charge in [0.25, 0.3) is 5.91 Å². The second-order valence-electron chi connectivity index (χ2n) is 11.6. The second kappa shape index (κ2) is 9.64. The molecule has 0 radical (unpaired) electrons. The molecule has 8 rings (SSSR count). The Morgan fingerprint density at radius 2 is 1.91 bits per heavy atom. The number of aryl methyl sites for hydroxylation is 2. The molecular formula is C28H28N10O3S2. The molecule has 220 valence electrons. The van der Waals surface area contributed by atoms with Gasteiger partial charge in [-0.1, -0.05) is 11.3 Å². The number of carbonyl (C=O) groups excluding carboxylic acids is 1. The van der Waals surface area contributed by atoms with Gasteiger partial charge in [0, 0.05) is 46.5 Å². The molecule has 5 aromatic heterocycles. The highest BCUT2D eigenvalue weighted by atomic mass is 32.2. The second-order valence-corrected chi connectivity index (χ2v) is 14.6. The average molecular weight is 617 g/mol. The molecular weight excluding hydrogens is 589 g/mol. The molecule has 15 heteroatoms. The van der Waals surface area contributed by atoms with Gasteiger partial charge in [-0.05, 0) is 51.0 Å². The van der Waals surface area contributed by atoms with E-state index in [1.807, 2.05) is 17.0 Å². The number of aromatic amines is 1. The van der Waals surface area contributed by atoms with Gasteiger partial charge in [-0.2, -0.15) is 9.61 Å². The standard InChI is InChI=1S/C28H28N10O3S2/c1-43(40,41)24-23(15-9-16-6-7-17(10-15)37(16)28(39)21-13-31-36-35-21)34-26-18(12-32-38(26)25(24)29)14-5-8-20(30-11-14)27-33-19-3-2-4-22(19)42-27/h5,8,11-13,15-17H,2-4,6-7,9-10,29H2,1H3,(H,31,35,36)/t15-,16-,17+. The van der Waals surface area contributed by atoms with E-state index in [1.165, 1.54) is 21.3 Å². The van der Waals surface area contributed by atoms with Crippen molar-refractivity contribution in [2.24, 2.45) is 0 Å². The fourth-order valence-corrected chi connectivity index (χ4v) is 9.22. The Hall–Kier alpha value is -4.24. The number of sulfone groups is 1. The maximum absolute atomic E-state index is 13.2. The van der Waals surface area contributed by atoms with Crippen LogP contribution >= 0.6 is 11.3 Å². The smallest absolute Gasteiger partial charge is 0.274 e. The van der Waals surface area contributed by atoms with Crippen LogP contribution in [0.5, 0.6) is 0 Å². The number of thiazole rings is 1. The molecule has 43 heavy (non-hydrogen) atoms. The zero-order chi connectivity index (χ0) is 29.5. The normalized spacial score (nSPS) is 21.5. The Bertz CT molecular complexity index is 1960. The van der Waals surface area contributed by atoms with Crippen molar-refractivity contribution < 1.29 is 13.2 Å². The van der Waals surface area contributed by atoms with Gasteiger partial charge in [0.1, 0.15) is 21.4 Å². The van der Waals surface area contributed by atoms with E-state index in [4.69, 9.17) is 20.7 Å². The highest BCUT2D eigenvalue weighted by molar-refractivity contribution is 7.91. The van der Waals surface area contributed by atoms with Gasteiger partial charge < -0.3 is 10.6 Å². The number of rotatable bonds is 5. The number of hydrogen-bond donors (Lipinski definition) is 2. The summed E-state index contributed by atoms with van der Waals surface area (Å²) in [5, 5.41) is 15.4. The summed E-state index contributed by atoms with van der Waals surface area (Å²) in [6.07, 6.45) is 12.1. The number of nitrogens with zero attached hydrogens (tertiary/aromatic N) is 8. The molecule has 13 nitrogen and oxygen atoms in total. The minimum Gasteiger partial charge on any atom is -0.382 e. The SMILES string of the molecule is CS(=O)(=O)c1c([C@@H]2C[C@H]3CC[C@@H](C2)N3C(=O)c2cnn[nH]2)nc2c(-c3ccc(-c4nc5c(s4)CCC5)nc3)cnn2c1N. The van der Waals surface area contributed by atoms with Crippen LogP contribution in [0.2, 0.25) is 0 Å². The fraction of sp³-hybridized carbons (Fsp3) is 0.393. The van der Waals surface area contributed by atoms with Gasteiger partial charge in [0.2, 0.25) is 0 Å². The number of nitrogen functional groups attached to an aromatic ring is 1. The first kappa shape index (κ1) is 26.4. The zero-order valence-electron chi connectivity index (χ0n) is 23.3. The van der Waals surface area contributed by atoms with Crippen LogP contribution in [-0.4, -0.2) is 77.5 Å². The number of piperidine rings is 1. The third-order valence-electron chi connectivity index (χ3n) is 8.92. The van der Waals surface area contributed by atoms with Gasteiger partial charge in [0.15, 0.2) is 15.5 Å². The highest BCUT2D eigenvalue weighted by Crippen LogP contribution is 2.46. The number of hydrogen-bond acceptors (Lipinski definition) is 11. The molecule has 0 unspecified atom stereocenters. The number of carbonyl (C=O) groups is 1. The summed E-state index contributed by atoms with van der Waals surface area (Å²) in [7, 11) is -3.74. The Labute approximate surface area is 250 Å². The predicted molar refractivity (Wildman–Crippen MR) is 158 cm³/mol. The minimum absolute atomic E-state index is 0.00175. The molecule has 3 N–H and O–H groups in total. The molecule has 3 aliphatic rings. The number of fused-ring (bicyclic) bond motifs is 4. The number of nitrogens with two attached hydrogens (primary N) is 1. The monoisotopic (exact) mass is 616 g/mol. The topological polar surface area (TPSA) is 178 Å². The molecule has 3 atom stereocenters. The maximum Gasteiger partial charge on any atom is 0.274 e. The van der Waals surface area contributed by atoms with E-state index in [9.17, 15) is 13.2 Å². The van der Waals surface area contributed by atoms with E-state index in [-0.39, 0.29) is 34.6 Å². The van der Waals surface area contributed by atoms with Crippen molar-refractivity contribution in [3.8, 4) is 21.8 Å². The van der Waals surface area contributed by atoms with Gasteiger partial charge in [-0.15, -0.1) is 16.4 Å². The van der Waals surface area contributed by atoms with Crippen LogP contribution in [0.4, 0.5) is 5.82 Å². The lowest BCUT2D eigenvalue weighted by Crippen LogP contribution is -2.46. The van der Waals surface area contributed by atoms with Gasteiger partial charge in [-0.25, -0.2) is 18.4 Å². The number of nitrogens with one attached hydrogen (secondary N) is 1. The van der Waals surface area contributed by atoms with Crippen molar-refractivity contribution in [1.29, 1.82) is 0 Å². The number of amides is 1. The molecule has 1 amide bonds. The van der Waals surface area contributed by atoms with E-state index in [2.05, 4.69) is 20.5 Å². The third kappa shape index (κ3) is 4.24. The first-order valence-corrected chi connectivity index (χ1v) is 17.0. The van der Waals surface area contributed by atoms with Crippen molar-refractivity contribution in [2.45, 2.75) is 67.8 Å². The molecule has 1 aliphatic carbocycles. The van der Waals surface area contributed by atoms with Crippen molar-refractivity contribution >= 4 is 38.5 Å². The lowest BCUT2D eigenvalue weighted by atomic mass is 9.87. The lowest BCUT2D eigenvalue weighted by molar-refractivity contribution is 0.0562. The van der Waals surface area contributed by atoms with Gasteiger partial charge >= 0.3 is 0 Å². The quantitative estimate of drug-likeness (QED) is 0.298. The number of aromatic nitrogens is 8. The zero-order valence-corrected chi connectivity index (χ0v) is 24.9. The summed E-state index contributed by atoms with van der Waals surface area (Å²) in [6, 6.07) is 3.79. The molecule has 0 aromatic carbocycles. The number of anilines is 1. The van der Waals surface area contributed by atoms with E-state index in [1.54, 1.807) is 23.7 Å². The van der Waals surface area contributed by atoms with Crippen LogP contribution in [0.1, 0.15) is 64.8 Å². The molecule has 0 spiro atoms. The van der Waals surface area contributed by atoms with Crippen LogP contribution < -0.4 is 5.73 Å². The molecule has 0 saturated carbocycles. The Kier molecular flexibility index (Phi) is 5.92. The summed E-state index contributed by atoms with van der Waals surface area (Å²) in [5.74, 6) is -0.308. The molecule has 2 bridgehead atoms. The van der Waals surface area contributed by atoms with Crippen LogP contribution in [0, 0.1) is 0 Å². The molecule has 2 fully saturated rings. The van der Waals surface area contributed by atoms with Crippen molar-refractivity contribution in [1.82, 2.24) is 44.9 Å². The Morgan fingerprint density at radius 1 is 1.09 bits per heavy atom. The fourth-order valence-electron chi connectivity index (χ4n) is 7.03. The summed E-state index contributed by atoms with van der Waals surface area (Å²) in [4.78, 5) is 30.9. The van der Waals surface area contributed by atoms with Crippen LogP contribution in [-0.2, 0) is 22.7 Å². The maximum atomic E-state index is 13.2. The molecule has 2 aliphatic heterocycles. The molecule has 5 aromatic rings. The average Bonchev–Trinajstić information content (AvgIpc) is 3.81. The molecule has 7 heterocycles. The summed E-state index contributed by atoms with van der Waals surface area (Å²) >= 11 is 1.70. The van der Waals surface area contributed by atoms with E-state index in [0.29, 0.717) is 35.4 Å². The first-order valence-electron chi connectivity index (χ1n) is 14.3. The Balaban J connectivity index is 1.17. The summed E-state index contributed by atoms with van der Waals surface area (Å²) < 4.78 is 27.6.